The smallest absolute Gasteiger partial charge is 0.333 e. The number of aromatic nitrogens is 5. The van der Waals surface area contributed by atoms with Gasteiger partial charge in [0.25, 0.3) is 5.56 Å². The van der Waals surface area contributed by atoms with Crippen LogP contribution in [0.3, 0.4) is 0 Å². The molecular weight excluding hydrogens is 555 g/mol. The van der Waals surface area contributed by atoms with E-state index < -0.39 is 34.6 Å². The lowest BCUT2D eigenvalue weighted by Crippen LogP contribution is -2.59. The van der Waals surface area contributed by atoms with Gasteiger partial charge >= 0.3 is 5.69 Å². The molecule has 5 rings (SSSR count). The summed E-state index contributed by atoms with van der Waals surface area (Å²) < 4.78 is 33.7. The highest BCUT2D eigenvalue weighted by molar-refractivity contribution is 7.21. The molecule has 0 aliphatic carbocycles. The minimum atomic E-state index is -1.41. The first kappa shape index (κ1) is 28.6. The van der Waals surface area contributed by atoms with Crippen molar-refractivity contribution in [3.8, 4) is 10.8 Å². The highest BCUT2D eigenvalue weighted by Crippen LogP contribution is 2.35. The number of nitrogens with one attached hydrogen (secondary N) is 1. The van der Waals surface area contributed by atoms with Gasteiger partial charge < -0.3 is 19.5 Å². The number of amides is 1. The molecule has 1 saturated heterocycles. The minimum Gasteiger partial charge on any atom is -0.496 e. The Kier molecular flexibility index (Phi) is 8.07. The fraction of sp³-hybridized carbons (Fsp3) is 0.444. The minimum absolute atomic E-state index is 0.108. The number of hydrogen-bond donors (Lipinski definition) is 1. The second-order valence-electron chi connectivity index (χ2n) is 9.94. The number of carbonyl (C=O) groups excluding carboxylic acids is 1. The SMILES string of the molecule is COCCO[C@@H](Cn1c(=O)n([C@]2(C)CCCNC2=O)c(=O)c2c(C)c(-n3nccn3)sc21)c1cc(F)ccc1OC. The molecule has 14 heteroatoms. The predicted molar refractivity (Wildman–Crippen MR) is 149 cm³/mol. The van der Waals surface area contributed by atoms with Crippen LogP contribution in [0.5, 0.6) is 5.75 Å². The predicted octanol–water partition coefficient (Wildman–Crippen LogP) is 2.29. The van der Waals surface area contributed by atoms with E-state index in [-0.39, 0.29) is 25.1 Å². The van der Waals surface area contributed by atoms with Crippen molar-refractivity contribution in [1.29, 1.82) is 0 Å². The third-order valence-corrected chi connectivity index (χ3v) is 8.67. The van der Waals surface area contributed by atoms with E-state index in [1.807, 2.05) is 0 Å². The number of rotatable bonds is 10. The van der Waals surface area contributed by atoms with Gasteiger partial charge in [-0.1, -0.05) is 11.3 Å². The normalized spacial score (nSPS) is 18.0. The molecule has 0 unspecified atom stereocenters. The van der Waals surface area contributed by atoms with Gasteiger partial charge in [0.05, 0.1) is 44.6 Å². The summed E-state index contributed by atoms with van der Waals surface area (Å²) in [7, 11) is 2.99. The number of carbonyl (C=O) groups is 1. The average molecular weight is 587 g/mol. The number of ether oxygens (including phenoxy) is 3. The number of fused-ring (bicyclic) bond motifs is 1. The van der Waals surface area contributed by atoms with E-state index in [1.54, 1.807) is 13.8 Å². The van der Waals surface area contributed by atoms with Crippen LogP contribution in [0.4, 0.5) is 4.39 Å². The van der Waals surface area contributed by atoms with Crippen molar-refractivity contribution < 1.29 is 23.4 Å². The van der Waals surface area contributed by atoms with Crippen molar-refractivity contribution in [3.63, 3.8) is 0 Å². The molecule has 1 fully saturated rings. The van der Waals surface area contributed by atoms with E-state index in [0.717, 1.165) is 4.57 Å². The topological polar surface area (TPSA) is 132 Å². The van der Waals surface area contributed by atoms with E-state index in [9.17, 15) is 18.8 Å². The van der Waals surface area contributed by atoms with Crippen molar-refractivity contribution in [2.45, 2.75) is 44.9 Å². The second-order valence-corrected chi connectivity index (χ2v) is 10.9. The van der Waals surface area contributed by atoms with Gasteiger partial charge in [-0.05, 0) is 44.9 Å². The Morgan fingerprint density at radius 3 is 2.61 bits per heavy atom. The van der Waals surface area contributed by atoms with Gasteiger partial charge in [0.2, 0.25) is 5.91 Å². The fourth-order valence-electron chi connectivity index (χ4n) is 5.23. The number of hydrogen-bond acceptors (Lipinski definition) is 9. The second kappa shape index (κ2) is 11.5. The van der Waals surface area contributed by atoms with Crippen LogP contribution in [-0.2, 0) is 26.4 Å². The molecule has 1 amide bonds. The van der Waals surface area contributed by atoms with Gasteiger partial charge in [0.15, 0.2) is 0 Å². The molecule has 1 aromatic carbocycles. The van der Waals surface area contributed by atoms with Crippen LogP contribution in [0.1, 0.15) is 37.0 Å². The largest absolute Gasteiger partial charge is 0.496 e. The summed E-state index contributed by atoms with van der Waals surface area (Å²) >= 11 is 1.17. The van der Waals surface area contributed by atoms with Gasteiger partial charge in [-0.2, -0.15) is 10.2 Å². The first-order valence-corrected chi connectivity index (χ1v) is 13.9. The van der Waals surface area contributed by atoms with Gasteiger partial charge in [0.1, 0.15) is 33.0 Å². The lowest BCUT2D eigenvalue weighted by molar-refractivity contribution is -0.131. The van der Waals surface area contributed by atoms with E-state index in [2.05, 4.69) is 15.5 Å². The van der Waals surface area contributed by atoms with E-state index in [0.29, 0.717) is 46.1 Å². The van der Waals surface area contributed by atoms with Gasteiger partial charge in [-0.3, -0.25) is 14.2 Å². The molecule has 41 heavy (non-hydrogen) atoms. The van der Waals surface area contributed by atoms with E-state index in [4.69, 9.17) is 14.2 Å². The third-order valence-electron chi connectivity index (χ3n) is 7.39. The molecular formula is C27H31FN6O6S. The summed E-state index contributed by atoms with van der Waals surface area (Å²) in [4.78, 5) is 43.3. The number of piperidine rings is 1. The third kappa shape index (κ3) is 5.06. The lowest BCUT2D eigenvalue weighted by Gasteiger charge is -2.34. The number of halogens is 1. The van der Waals surface area contributed by atoms with Crippen LogP contribution in [0.25, 0.3) is 15.2 Å². The lowest BCUT2D eigenvalue weighted by atomic mass is 9.91. The Morgan fingerprint density at radius 2 is 1.93 bits per heavy atom. The Bertz CT molecular complexity index is 1700. The van der Waals surface area contributed by atoms with Crippen molar-refractivity contribution >= 4 is 27.5 Å². The van der Waals surface area contributed by atoms with Crippen LogP contribution in [0.15, 0.2) is 40.2 Å². The standard InChI is InChI=1S/C27H31FN6O6S/c1-16-21-22(35)33(27(2)8-5-9-29-25(27)36)26(37)32(24(21)41-23(16)34-30-10-11-31-34)15-20(40-13-12-38-3)18-14-17(28)6-7-19(18)39-4/h6-7,10-11,14,20H,5,8-9,12-13,15H2,1-4H3,(H,29,36)/t20-,27+/m0/s1. The zero-order valence-corrected chi connectivity index (χ0v) is 24.0. The average Bonchev–Trinajstić information content (AvgIpc) is 3.60. The molecule has 1 aliphatic heterocycles. The Hall–Kier alpha value is -3.88. The van der Waals surface area contributed by atoms with Gasteiger partial charge in [0, 0.05) is 24.8 Å². The molecule has 0 spiro atoms. The molecule has 2 atom stereocenters. The Morgan fingerprint density at radius 1 is 1.17 bits per heavy atom. The molecule has 218 valence electrons. The molecule has 0 radical (unpaired) electrons. The van der Waals surface area contributed by atoms with Crippen LogP contribution >= 0.6 is 11.3 Å². The summed E-state index contributed by atoms with van der Waals surface area (Å²) in [5.74, 6) is -0.543. The monoisotopic (exact) mass is 586 g/mol. The highest BCUT2D eigenvalue weighted by atomic mass is 32.1. The van der Waals surface area contributed by atoms with Gasteiger partial charge in [-0.25, -0.2) is 13.8 Å². The van der Waals surface area contributed by atoms with Crippen LogP contribution in [-0.4, -0.2) is 64.0 Å². The summed E-state index contributed by atoms with van der Waals surface area (Å²) in [5.41, 5.74) is -1.73. The number of nitrogens with zero attached hydrogens (tertiary/aromatic N) is 5. The highest BCUT2D eigenvalue weighted by Gasteiger charge is 2.41. The molecule has 12 nitrogen and oxygen atoms in total. The van der Waals surface area contributed by atoms with E-state index in [1.165, 1.54) is 65.5 Å². The molecule has 1 N–H and O–H groups in total. The fourth-order valence-corrected chi connectivity index (χ4v) is 6.45. The number of thiophene rings is 1. The first-order valence-electron chi connectivity index (χ1n) is 13.1. The van der Waals surface area contributed by atoms with E-state index >= 15 is 0 Å². The summed E-state index contributed by atoms with van der Waals surface area (Å²) in [6.07, 6.45) is 3.06. The zero-order chi connectivity index (χ0) is 29.3. The maximum absolute atomic E-state index is 14.5. The van der Waals surface area contributed by atoms with Crippen LogP contribution in [0.2, 0.25) is 0 Å². The van der Waals surface area contributed by atoms with Crippen molar-refractivity contribution in [2.75, 3.05) is 34.0 Å². The maximum atomic E-state index is 14.5. The molecule has 0 bridgehead atoms. The summed E-state index contributed by atoms with van der Waals surface area (Å²) in [5, 5.41) is 12.0. The van der Waals surface area contributed by atoms with Crippen LogP contribution in [0, 0.1) is 12.7 Å². The Labute approximate surface area is 238 Å². The Balaban J connectivity index is 1.78. The first-order chi connectivity index (χ1) is 19.7. The number of benzene rings is 1. The number of methoxy groups -OCH3 is 2. The summed E-state index contributed by atoms with van der Waals surface area (Å²) in [6, 6.07) is 4.05. The van der Waals surface area contributed by atoms with Crippen molar-refractivity contribution in [1.82, 2.24) is 29.4 Å². The summed E-state index contributed by atoms with van der Waals surface area (Å²) in [6.45, 7) is 4.10. The molecule has 4 heterocycles. The molecule has 0 saturated carbocycles. The molecule has 3 aromatic heterocycles. The van der Waals surface area contributed by atoms with Crippen molar-refractivity contribution in [2.24, 2.45) is 0 Å². The quantitative estimate of drug-likeness (QED) is 0.280. The molecule has 1 aliphatic rings. The zero-order valence-electron chi connectivity index (χ0n) is 23.2. The van der Waals surface area contributed by atoms with Crippen LogP contribution < -0.4 is 21.3 Å². The van der Waals surface area contributed by atoms with Crippen molar-refractivity contribution in [3.05, 3.63) is 68.4 Å². The van der Waals surface area contributed by atoms with Gasteiger partial charge in [-0.15, -0.1) is 4.80 Å². The number of aryl methyl sites for hydroxylation is 1. The maximum Gasteiger partial charge on any atom is 0.333 e. The molecule has 4 aromatic rings.